The highest BCUT2D eigenvalue weighted by Gasteiger charge is 2.73. The van der Waals surface area contributed by atoms with E-state index >= 15 is 0 Å². The number of aromatic amines is 1. The average molecular weight is 595 g/mol. The Morgan fingerprint density at radius 1 is 1.00 bits per heavy atom. The third-order valence-corrected chi connectivity index (χ3v) is 6.38. The number of carbonyl (C=O) groups excluding carboxylic acids is 1. The Labute approximate surface area is 236 Å². The zero-order valence-corrected chi connectivity index (χ0v) is 22.5. The average Bonchev–Trinajstić information content (AvgIpc) is 3.39. The number of nitrogens with zero attached hydrogens (tertiary/aromatic N) is 2. The molecule has 2 aromatic carbocycles. The van der Waals surface area contributed by atoms with Gasteiger partial charge in [0, 0.05) is 34.6 Å². The van der Waals surface area contributed by atoms with E-state index in [1.165, 1.54) is 31.3 Å². The maximum absolute atomic E-state index is 14.3. The molecule has 4 aromatic rings. The third kappa shape index (κ3) is 6.49. The van der Waals surface area contributed by atoms with Crippen LogP contribution in [0.5, 0.6) is 0 Å². The number of amides is 1. The van der Waals surface area contributed by atoms with Crippen molar-refractivity contribution in [1.29, 1.82) is 0 Å². The molecule has 0 aliphatic heterocycles. The summed E-state index contributed by atoms with van der Waals surface area (Å²) in [7, 11) is 0. The summed E-state index contributed by atoms with van der Waals surface area (Å²) in [6.07, 6.45) is -8.05. The van der Waals surface area contributed by atoms with E-state index in [9.17, 15) is 31.1 Å². The molecular formula is C28H28F6N6O2. The Morgan fingerprint density at radius 2 is 1.76 bits per heavy atom. The lowest BCUT2D eigenvalue weighted by atomic mass is 9.91. The van der Waals surface area contributed by atoms with Crippen molar-refractivity contribution in [3.05, 3.63) is 78.1 Å². The number of nitrogens with one attached hydrogen (secondary N) is 4. The van der Waals surface area contributed by atoms with Crippen LogP contribution < -0.4 is 16.0 Å². The van der Waals surface area contributed by atoms with Crippen LogP contribution in [0.15, 0.2) is 67.0 Å². The molecule has 0 unspecified atom stereocenters. The molecule has 0 saturated heterocycles. The molecule has 2 aromatic heterocycles. The molecule has 14 heteroatoms. The number of ether oxygens (including phenoxy) is 1. The van der Waals surface area contributed by atoms with E-state index < -0.39 is 42.1 Å². The normalized spacial score (nSPS) is 13.2. The number of carbonyl (C=O) groups is 1. The van der Waals surface area contributed by atoms with E-state index in [-0.39, 0.29) is 17.1 Å². The van der Waals surface area contributed by atoms with Gasteiger partial charge in [0.2, 0.25) is 0 Å². The van der Waals surface area contributed by atoms with Gasteiger partial charge in [-0.15, -0.1) is 0 Å². The summed E-state index contributed by atoms with van der Waals surface area (Å²) >= 11 is 0. The lowest BCUT2D eigenvalue weighted by Gasteiger charge is -2.38. The second-order valence-electron chi connectivity index (χ2n) is 9.57. The standard InChI is InChI=1S/C28H28F6N6O2/c1-3-11-35-17(2)16-42-26(27(29,30)31,28(32,33)34)19-6-4-7-20(13-19)39-25(41)22-8-5-12-36-24(22)38-21-10-9-18-15-37-40-23(18)14-21/h4-10,12-15,17,35H,3,11,16H2,1-2H3,(H,36,38)(H,37,40)(H,39,41)/t17-/m0/s1. The summed E-state index contributed by atoms with van der Waals surface area (Å²) in [5.74, 6) is -0.699. The monoisotopic (exact) mass is 594 g/mol. The fourth-order valence-electron chi connectivity index (χ4n) is 4.29. The molecule has 0 fully saturated rings. The molecule has 0 spiro atoms. The topological polar surface area (TPSA) is 104 Å². The minimum absolute atomic E-state index is 0.00223. The van der Waals surface area contributed by atoms with Crippen molar-refractivity contribution in [3.63, 3.8) is 0 Å². The summed E-state index contributed by atoms with van der Waals surface area (Å²) in [6, 6.07) is 10.8. The van der Waals surface area contributed by atoms with Crippen LogP contribution in [-0.4, -0.2) is 52.6 Å². The minimum atomic E-state index is -5.87. The molecular weight excluding hydrogens is 566 g/mol. The Kier molecular flexibility index (Phi) is 9.06. The van der Waals surface area contributed by atoms with Gasteiger partial charge in [0.05, 0.1) is 23.9 Å². The number of benzene rings is 2. The van der Waals surface area contributed by atoms with Crippen molar-refractivity contribution in [2.45, 2.75) is 44.3 Å². The van der Waals surface area contributed by atoms with Crippen molar-refractivity contribution in [3.8, 4) is 0 Å². The molecule has 4 N–H and O–H groups in total. The van der Waals surface area contributed by atoms with Gasteiger partial charge in [0.25, 0.3) is 11.5 Å². The number of halogens is 6. The van der Waals surface area contributed by atoms with Crippen LogP contribution >= 0.6 is 0 Å². The van der Waals surface area contributed by atoms with Gasteiger partial charge in [-0.3, -0.25) is 9.89 Å². The van der Waals surface area contributed by atoms with Gasteiger partial charge < -0.3 is 20.7 Å². The Bertz CT molecular complexity index is 1510. The van der Waals surface area contributed by atoms with Crippen LogP contribution in [0.3, 0.4) is 0 Å². The van der Waals surface area contributed by atoms with Gasteiger partial charge in [-0.2, -0.15) is 31.4 Å². The highest BCUT2D eigenvalue weighted by atomic mass is 19.4. The Balaban J connectivity index is 1.62. The molecule has 1 amide bonds. The van der Waals surface area contributed by atoms with E-state index in [1.54, 1.807) is 31.3 Å². The van der Waals surface area contributed by atoms with Crippen LogP contribution in [0.4, 0.5) is 43.5 Å². The number of alkyl halides is 6. The molecule has 8 nitrogen and oxygen atoms in total. The molecule has 0 radical (unpaired) electrons. The number of hydrogen-bond donors (Lipinski definition) is 4. The summed E-state index contributed by atoms with van der Waals surface area (Å²) in [5.41, 5.74) is -4.88. The first-order valence-corrected chi connectivity index (χ1v) is 12.9. The van der Waals surface area contributed by atoms with Gasteiger partial charge in [-0.25, -0.2) is 4.98 Å². The van der Waals surface area contributed by atoms with Gasteiger partial charge in [-0.1, -0.05) is 19.1 Å². The first kappa shape index (κ1) is 30.8. The quantitative estimate of drug-likeness (QED) is 0.145. The SMILES string of the molecule is CCCN[C@@H](C)COC(c1cccc(NC(=O)c2cccnc2Nc2ccc3cn[nH]c3c2)c1)(C(F)(F)F)C(F)(F)F. The fourth-order valence-corrected chi connectivity index (χ4v) is 4.29. The number of rotatable bonds is 11. The predicted octanol–water partition coefficient (Wildman–Crippen LogP) is 6.68. The smallest absolute Gasteiger partial charge is 0.352 e. The molecule has 0 aliphatic carbocycles. The van der Waals surface area contributed by atoms with E-state index in [2.05, 4.69) is 31.1 Å². The Morgan fingerprint density at radius 3 is 2.48 bits per heavy atom. The van der Waals surface area contributed by atoms with Gasteiger partial charge >= 0.3 is 12.4 Å². The van der Waals surface area contributed by atoms with Crippen molar-refractivity contribution in [1.82, 2.24) is 20.5 Å². The van der Waals surface area contributed by atoms with Crippen molar-refractivity contribution in [2.24, 2.45) is 0 Å². The fraction of sp³-hybridized carbons (Fsp3) is 0.321. The highest BCUT2D eigenvalue weighted by molar-refractivity contribution is 6.08. The molecule has 4 rings (SSSR count). The second-order valence-corrected chi connectivity index (χ2v) is 9.57. The van der Waals surface area contributed by atoms with Crippen LogP contribution in [-0.2, 0) is 10.3 Å². The molecule has 0 saturated carbocycles. The van der Waals surface area contributed by atoms with Gasteiger partial charge in [-0.05, 0) is 62.4 Å². The maximum Gasteiger partial charge on any atom is 0.430 e. The van der Waals surface area contributed by atoms with Crippen LogP contribution in [0.2, 0.25) is 0 Å². The summed E-state index contributed by atoms with van der Waals surface area (Å²) < 4.78 is 90.4. The zero-order chi connectivity index (χ0) is 30.5. The van der Waals surface area contributed by atoms with E-state index in [0.29, 0.717) is 36.3 Å². The third-order valence-electron chi connectivity index (χ3n) is 6.38. The van der Waals surface area contributed by atoms with E-state index in [4.69, 9.17) is 4.74 Å². The van der Waals surface area contributed by atoms with E-state index in [1.807, 2.05) is 0 Å². The van der Waals surface area contributed by atoms with Crippen molar-refractivity contribution in [2.75, 3.05) is 23.8 Å². The second kappa shape index (κ2) is 12.4. The van der Waals surface area contributed by atoms with E-state index in [0.717, 1.165) is 11.5 Å². The number of anilines is 3. The first-order valence-electron chi connectivity index (χ1n) is 12.9. The number of hydrogen-bond acceptors (Lipinski definition) is 6. The molecule has 42 heavy (non-hydrogen) atoms. The Hall–Kier alpha value is -4.17. The number of H-pyrrole nitrogens is 1. The van der Waals surface area contributed by atoms with Gasteiger partial charge in [0.1, 0.15) is 5.82 Å². The minimum Gasteiger partial charge on any atom is -0.352 e. The van der Waals surface area contributed by atoms with Crippen LogP contribution in [0.1, 0.15) is 36.2 Å². The number of pyridine rings is 1. The highest BCUT2D eigenvalue weighted by Crippen LogP contribution is 2.53. The molecule has 224 valence electrons. The molecule has 0 aliphatic rings. The predicted molar refractivity (Wildman–Crippen MR) is 146 cm³/mol. The van der Waals surface area contributed by atoms with Crippen molar-refractivity contribution < 1.29 is 35.9 Å². The van der Waals surface area contributed by atoms with Crippen molar-refractivity contribution >= 4 is 34.0 Å². The van der Waals surface area contributed by atoms with Crippen LogP contribution in [0, 0.1) is 0 Å². The summed E-state index contributed by atoms with van der Waals surface area (Å²) in [6.45, 7) is 2.75. The molecule has 2 heterocycles. The summed E-state index contributed by atoms with van der Waals surface area (Å²) in [5, 5.41) is 15.8. The number of fused-ring (bicyclic) bond motifs is 1. The lowest BCUT2D eigenvalue weighted by molar-refractivity contribution is -0.390. The molecule has 0 bridgehead atoms. The van der Waals surface area contributed by atoms with Crippen LogP contribution in [0.25, 0.3) is 10.9 Å². The zero-order valence-electron chi connectivity index (χ0n) is 22.5. The van der Waals surface area contributed by atoms with Gasteiger partial charge in [0.15, 0.2) is 0 Å². The maximum atomic E-state index is 14.3. The first-order chi connectivity index (χ1) is 19.9. The lowest BCUT2D eigenvalue weighted by Crippen LogP contribution is -2.57. The summed E-state index contributed by atoms with van der Waals surface area (Å²) in [4.78, 5) is 17.3. The number of aromatic nitrogens is 3. The largest absolute Gasteiger partial charge is 0.430 e. The molecule has 1 atom stereocenters.